The monoisotopic (exact) mass is 438 g/mol. The quantitative estimate of drug-likeness (QED) is 0.488. The Bertz CT molecular complexity index is 869. The fourth-order valence-electron chi connectivity index (χ4n) is 2.71. The molecule has 0 radical (unpaired) electrons. The summed E-state index contributed by atoms with van der Waals surface area (Å²) in [6, 6.07) is 1.88. The lowest BCUT2D eigenvalue weighted by atomic mass is 10.3. The number of thiophene rings is 1. The number of anilines is 1. The van der Waals surface area contributed by atoms with Gasteiger partial charge >= 0.3 is 0 Å². The average molecular weight is 439 g/mol. The molecule has 0 N–H and O–H groups in total. The molecule has 2 aromatic heterocycles. The molecule has 0 aromatic carbocycles. The van der Waals surface area contributed by atoms with Crippen LogP contribution in [-0.2, 0) is 21.3 Å². The van der Waals surface area contributed by atoms with E-state index in [-0.39, 0.29) is 17.6 Å². The van der Waals surface area contributed by atoms with E-state index in [1.807, 2.05) is 6.07 Å². The summed E-state index contributed by atoms with van der Waals surface area (Å²) in [4.78, 5) is 11.7. The van der Waals surface area contributed by atoms with E-state index in [9.17, 15) is 8.42 Å². The molecule has 7 nitrogen and oxygen atoms in total. The Morgan fingerprint density at radius 2 is 2.08 bits per heavy atom. The number of rotatable bonds is 7. The largest absolute Gasteiger partial charge is 0.378 e. The van der Waals surface area contributed by atoms with Crippen LogP contribution in [0.3, 0.4) is 0 Å². The third-order valence-corrected chi connectivity index (χ3v) is 7.50. The number of nitrogens with zero attached hydrogens (tertiary/aromatic N) is 4. The zero-order chi connectivity index (χ0) is 18.7. The Balaban J connectivity index is 1.87. The predicted octanol–water partition coefficient (Wildman–Crippen LogP) is 2.57. The summed E-state index contributed by atoms with van der Waals surface area (Å²) >= 11 is 13.2. The fourth-order valence-corrected chi connectivity index (χ4v) is 5.58. The number of ether oxygens (including phenoxy) is 1. The van der Waals surface area contributed by atoms with Crippen LogP contribution in [0.5, 0.6) is 0 Å². The second-order valence-electron chi connectivity index (χ2n) is 5.96. The highest BCUT2D eigenvalue weighted by Crippen LogP contribution is 2.34. The summed E-state index contributed by atoms with van der Waals surface area (Å²) in [6.45, 7) is 3.04. The summed E-state index contributed by atoms with van der Waals surface area (Å²) in [7, 11) is -1.75. The van der Waals surface area contributed by atoms with E-state index in [1.54, 1.807) is 7.05 Å². The maximum atomic E-state index is 12.3. The standard InChI is InChI=1S/C15H20Cl2N4O3S2/c1-20(26(22,23)8-2-3-16)10-11-9-12-13(25-11)14(19-15(17)18-12)21-4-6-24-7-5-21/h9H,2-8,10H2,1H3. The van der Waals surface area contributed by atoms with Crippen LogP contribution in [0.25, 0.3) is 10.2 Å². The smallest absolute Gasteiger partial charge is 0.224 e. The molecule has 0 spiro atoms. The number of halogens is 2. The van der Waals surface area contributed by atoms with Gasteiger partial charge in [-0.1, -0.05) is 0 Å². The summed E-state index contributed by atoms with van der Waals surface area (Å²) in [5, 5.41) is 0.187. The molecule has 1 aliphatic rings. The van der Waals surface area contributed by atoms with Gasteiger partial charge in [-0.15, -0.1) is 22.9 Å². The van der Waals surface area contributed by atoms with Crippen molar-refractivity contribution in [1.29, 1.82) is 0 Å². The number of hydrogen-bond acceptors (Lipinski definition) is 7. The first-order chi connectivity index (χ1) is 12.4. The molecule has 0 bridgehead atoms. The first-order valence-electron chi connectivity index (χ1n) is 8.19. The first-order valence-corrected chi connectivity index (χ1v) is 11.5. The van der Waals surface area contributed by atoms with E-state index in [2.05, 4.69) is 14.9 Å². The Labute approximate surface area is 166 Å². The van der Waals surface area contributed by atoms with Crippen molar-refractivity contribution in [1.82, 2.24) is 14.3 Å². The third-order valence-electron chi connectivity index (χ3n) is 4.08. The lowest BCUT2D eigenvalue weighted by Crippen LogP contribution is -2.36. The normalized spacial score (nSPS) is 15.9. The number of fused-ring (bicyclic) bond motifs is 1. The molecule has 1 fully saturated rings. The van der Waals surface area contributed by atoms with Gasteiger partial charge in [0, 0.05) is 37.4 Å². The van der Waals surface area contributed by atoms with Gasteiger partial charge < -0.3 is 9.64 Å². The number of morpholine rings is 1. The third kappa shape index (κ3) is 4.58. The van der Waals surface area contributed by atoms with Crippen LogP contribution in [0.15, 0.2) is 6.07 Å². The molecule has 0 atom stereocenters. The Hall–Kier alpha value is -0.710. The average Bonchev–Trinajstić information content (AvgIpc) is 3.02. The number of hydrogen-bond donors (Lipinski definition) is 0. The molecule has 1 aliphatic heterocycles. The second-order valence-corrected chi connectivity index (χ2v) is 10.0. The summed E-state index contributed by atoms with van der Waals surface area (Å²) in [5.74, 6) is 1.15. The SMILES string of the molecule is CN(Cc1cc2nc(Cl)nc(N3CCOCC3)c2s1)S(=O)(=O)CCCCl. The van der Waals surface area contributed by atoms with Gasteiger partial charge in [0.25, 0.3) is 0 Å². The highest BCUT2D eigenvalue weighted by Gasteiger charge is 2.22. The summed E-state index contributed by atoms with van der Waals surface area (Å²) in [5.41, 5.74) is 0.734. The van der Waals surface area contributed by atoms with Crippen molar-refractivity contribution < 1.29 is 13.2 Å². The van der Waals surface area contributed by atoms with Crippen LogP contribution in [0.4, 0.5) is 5.82 Å². The van der Waals surface area contributed by atoms with Gasteiger partial charge in [0.05, 0.1) is 29.2 Å². The minimum Gasteiger partial charge on any atom is -0.378 e. The lowest BCUT2D eigenvalue weighted by Gasteiger charge is -2.28. The predicted molar refractivity (Wildman–Crippen MR) is 106 cm³/mol. The summed E-state index contributed by atoms with van der Waals surface area (Å²) < 4.78 is 32.2. The highest BCUT2D eigenvalue weighted by atomic mass is 35.5. The highest BCUT2D eigenvalue weighted by molar-refractivity contribution is 7.89. The lowest BCUT2D eigenvalue weighted by molar-refractivity contribution is 0.122. The number of sulfonamides is 1. The molecule has 144 valence electrons. The molecule has 0 amide bonds. The molecule has 0 aliphatic carbocycles. The fraction of sp³-hybridized carbons (Fsp3) is 0.600. The number of aromatic nitrogens is 2. The van der Waals surface area contributed by atoms with E-state index in [4.69, 9.17) is 27.9 Å². The molecule has 3 rings (SSSR count). The van der Waals surface area contributed by atoms with Crippen molar-refractivity contribution >= 4 is 60.6 Å². The topological polar surface area (TPSA) is 75.6 Å². The molecule has 0 saturated carbocycles. The van der Waals surface area contributed by atoms with E-state index in [0.717, 1.165) is 34.0 Å². The van der Waals surface area contributed by atoms with E-state index >= 15 is 0 Å². The van der Waals surface area contributed by atoms with Gasteiger partial charge in [-0.25, -0.2) is 13.4 Å². The molecule has 26 heavy (non-hydrogen) atoms. The molecule has 1 saturated heterocycles. The van der Waals surface area contributed by atoms with Gasteiger partial charge in [-0.3, -0.25) is 0 Å². The number of alkyl halides is 1. The molecular formula is C15H20Cl2N4O3S2. The van der Waals surface area contributed by atoms with Crippen molar-refractivity contribution in [2.75, 3.05) is 49.9 Å². The zero-order valence-electron chi connectivity index (χ0n) is 14.3. The maximum absolute atomic E-state index is 12.3. The van der Waals surface area contributed by atoms with E-state index in [1.165, 1.54) is 15.6 Å². The molecule has 2 aromatic rings. The van der Waals surface area contributed by atoms with Gasteiger partial charge in [-0.05, 0) is 24.1 Å². The van der Waals surface area contributed by atoms with Crippen LogP contribution < -0.4 is 4.90 Å². The van der Waals surface area contributed by atoms with Gasteiger partial charge in [0.1, 0.15) is 0 Å². The first kappa shape index (κ1) is 20.0. The van der Waals surface area contributed by atoms with Crippen LogP contribution in [-0.4, -0.2) is 67.7 Å². The molecule has 0 unspecified atom stereocenters. The molecule has 3 heterocycles. The Kier molecular flexibility index (Phi) is 6.58. The second kappa shape index (κ2) is 8.53. The van der Waals surface area contributed by atoms with Crippen molar-refractivity contribution in [3.05, 3.63) is 16.2 Å². The van der Waals surface area contributed by atoms with Crippen molar-refractivity contribution in [3.63, 3.8) is 0 Å². The van der Waals surface area contributed by atoms with Gasteiger partial charge in [0.15, 0.2) is 5.82 Å². The van der Waals surface area contributed by atoms with Gasteiger partial charge in [-0.2, -0.15) is 9.29 Å². The zero-order valence-corrected chi connectivity index (χ0v) is 17.5. The minimum atomic E-state index is -3.33. The summed E-state index contributed by atoms with van der Waals surface area (Å²) in [6.07, 6.45) is 0.433. The van der Waals surface area contributed by atoms with Crippen LogP contribution in [0.2, 0.25) is 5.28 Å². The molecular weight excluding hydrogens is 419 g/mol. The Morgan fingerprint density at radius 3 is 2.77 bits per heavy atom. The Morgan fingerprint density at radius 1 is 1.35 bits per heavy atom. The van der Waals surface area contributed by atoms with Crippen molar-refractivity contribution in [2.45, 2.75) is 13.0 Å². The molecule has 11 heteroatoms. The van der Waals surface area contributed by atoms with Gasteiger partial charge in [0.2, 0.25) is 15.3 Å². The van der Waals surface area contributed by atoms with E-state index in [0.29, 0.717) is 25.5 Å². The van der Waals surface area contributed by atoms with Crippen molar-refractivity contribution in [3.8, 4) is 0 Å². The minimum absolute atomic E-state index is 0.0442. The van der Waals surface area contributed by atoms with Crippen LogP contribution in [0, 0.1) is 0 Å². The van der Waals surface area contributed by atoms with E-state index < -0.39 is 10.0 Å². The van der Waals surface area contributed by atoms with Crippen LogP contribution in [0.1, 0.15) is 11.3 Å². The maximum Gasteiger partial charge on any atom is 0.224 e. The van der Waals surface area contributed by atoms with Crippen LogP contribution >= 0.6 is 34.5 Å². The van der Waals surface area contributed by atoms with Crippen molar-refractivity contribution in [2.24, 2.45) is 0 Å².